The maximum absolute atomic E-state index is 12.3. The summed E-state index contributed by atoms with van der Waals surface area (Å²) in [5.74, 6) is -0.197. The molecule has 0 aliphatic carbocycles. The number of aryl methyl sites for hydroxylation is 1. The Hall–Kier alpha value is -1.86. The monoisotopic (exact) mass is 319 g/mol. The molecule has 1 atom stereocenters. The highest BCUT2D eigenvalue weighted by Gasteiger charge is 2.18. The van der Waals surface area contributed by atoms with E-state index >= 15 is 0 Å². The minimum Gasteiger partial charge on any atom is -0.390 e. The van der Waals surface area contributed by atoms with Gasteiger partial charge in [0.2, 0.25) is 0 Å². The summed E-state index contributed by atoms with van der Waals surface area (Å²) in [5, 5.41) is 17.2. The summed E-state index contributed by atoms with van der Waals surface area (Å²) in [6.07, 6.45) is 9.62. The molecule has 1 aliphatic rings. The maximum Gasteiger partial charge on any atom is 0.256 e. The molecule has 126 valence electrons. The van der Waals surface area contributed by atoms with E-state index in [4.69, 9.17) is 0 Å². The molecule has 0 radical (unpaired) electrons. The van der Waals surface area contributed by atoms with Crippen LogP contribution in [0.4, 0.5) is 0 Å². The summed E-state index contributed by atoms with van der Waals surface area (Å²) in [6, 6.07) is 0. The van der Waals surface area contributed by atoms with Gasteiger partial charge in [-0.25, -0.2) is 4.52 Å². The maximum atomic E-state index is 12.3. The number of rotatable bonds is 5. The van der Waals surface area contributed by atoms with E-state index < -0.39 is 6.10 Å². The van der Waals surface area contributed by atoms with Crippen molar-refractivity contribution in [2.75, 3.05) is 26.2 Å². The van der Waals surface area contributed by atoms with Crippen LogP contribution in [0.15, 0.2) is 18.6 Å². The lowest BCUT2D eigenvalue weighted by molar-refractivity contribution is 0.0863. The fourth-order valence-corrected chi connectivity index (χ4v) is 3.20. The number of amides is 1. The smallest absolute Gasteiger partial charge is 0.256 e. The van der Waals surface area contributed by atoms with Gasteiger partial charge in [-0.2, -0.15) is 5.10 Å². The minimum absolute atomic E-state index is 0.197. The van der Waals surface area contributed by atoms with Crippen LogP contribution >= 0.6 is 0 Å². The van der Waals surface area contributed by atoms with E-state index in [-0.39, 0.29) is 12.5 Å². The number of hydrogen-bond donors (Lipinski definition) is 2. The number of carbonyl (C=O) groups excluding carboxylic acids is 1. The summed E-state index contributed by atoms with van der Waals surface area (Å²) < 4.78 is 3.53. The van der Waals surface area contributed by atoms with Gasteiger partial charge in [-0.1, -0.05) is 12.8 Å². The Kier molecular flexibility index (Phi) is 4.97. The van der Waals surface area contributed by atoms with Gasteiger partial charge in [0.25, 0.3) is 5.91 Å². The van der Waals surface area contributed by atoms with Crippen molar-refractivity contribution in [3.8, 4) is 0 Å². The SMILES string of the molecule is Cn1ccn2ncc(C(=O)NC[C@H](O)CN3CCCCCC3)c12. The van der Waals surface area contributed by atoms with E-state index in [2.05, 4.69) is 15.3 Å². The Morgan fingerprint density at radius 2 is 2.04 bits per heavy atom. The minimum atomic E-state index is -0.545. The highest BCUT2D eigenvalue weighted by atomic mass is 16.3. The number of aromatic nitrogens is 3. The molecule has 1 amide bonds. The van der Waals surface area contributed by atoms with Crippen LogP contribution in [0.2, 0.25) is 0 Å². The van der Waals surface area contributed by atoms with E-state index in [1.165, 1.54) is 25.7 Å². The molecule has 1 fully saturated rings. The van der Waals surface area contributed by atoms with Crippen LogP contribution in [0, 0.1) is 0 Å². The van der Waals surface area contributed by atoms with Crippen LogP contribution in [0.5, 0.6) is 0 Å². The third-order valence-electron chi connectivity index (χ3n) is 4.45. The van der Waals surface area contributed by atoms with Crippen molar-refractivity contribution in [3.63, 3.8) is 0 Å². The van der Waals surface area contributed by atoms with E-state index in [0.29, 0.717) is 12.1 Å². The second-order valence-corrected chi connectivity index (χ2v) is 6.31. The molecule has 3 rings (SSSR count). The number of aliphatic hydroxyl groups excluding tert-OH is 1. The molecule has 0 unspecified atom stereocenters. The number of carbonyl (C=O) groups is 1. The number of imidazole rings is 1. The van der Waals surface area contributed by atoms with Gasteiger partial charge >= 0.3 is 0 Å². The first-order valence-electron chi connectivity index (χ1n) is 8.32. The fraction of sp³-hybridized carbons (Fsp3) is 0.625. The normalized spacial score (nSPS) is 18.0. The third kappa shape index (κ3) is 3.73. The van der Waals surface area contributed by atoms with Gasteiger partial charge in [0.1, 0.15) is 11.2 Å². The molecule has 0 aromatic carbocycles. The number of likely N-dealkylation sites (tertiary alicyclic amines) is 1. The van der Waals surface area contributed by atoms with Crippen molar-refractivity contribution in [3.05, 3.63) is 24.2 Å². The number of hydrogen-bond acceptors (Lipinski definition) is 4. The first kappa shape index (κ1) is 16.0. The van der Waals surface area contributed by atoms with E-state index in [0.717, 1.165) is 18.7 Å². The van der Waals surface area contributed by atoms with E-state index in [1.807, 2.05) is 17.8 Å². The Morgan fingerprint density at radius 3 is 2.78 bits per heavy atom. The molecule has 0 bridgehead atoms. The first-order chi connectivity index (χ1) is 11.1. The zero-order valence-electron chi connectivity index (χ0n) is 13.6. The molecule has 0 spiro atoms. The highest BCUT2D eigenvalue weighted by molar-refractivity contribution is 5.99. The lowest BCUT2D eigenvalue weighted by atomic mass is 10.2. The average Bonchev–Trinajstić information content (AvgIpc) is 3.01. The van der Waals surface area contributed by atoms with Crippen LogP contribution in [-0.2, 0) is 7.05 Å². The zero-order valence-corrected chi connectivity index (χ0v) is 13.6. The van der Waals surface area contributed by atoms with Crippen LogP contribution in [0.1, 0.15) is 36.0 Å². The van der Waals surface area contributed by atoms with Crippen LogP contribution in [0.3, 0.4) is 0 Å². The van der Waals surface area contributed by atoms with Crippen molar-refractivity contribution in [2.24, 2.45) is 7.05 Å². The number of nitrogens with one attached hydrogen (secondary N) is 1. The largest absolute Gasteiger partial charge is 0.390 e. The standard InChI is InChI=1S/C16H25N5O2/c1-19-8-9-21-16(19)14(11-18-21)15(23)17-10-13(22)12-20-6-4-2-3-5-7-20/h8-9,11,13,22H,2-7,10,12H2,1H3,(H,17,23)/t13-/m0/s1. The van der Waals surface area contributed by atoms with Gasteiger partial charge in [0.05, 0.1) is 12.3 Å². The molecular formula is C16H25N5O2. The van der Waals surface area contributed by atoms with E-state index in [1.54, 1.807) is 16.9 Å². The second kappa shape index (κ2) is 7.14. The summed E-state index contributed by atoms with van der Waals surface area (Å²) in [5.41, 5.74) is 1.28. The lowest BCUT2D eigenvalue weighted by Gasteiger charge is -2.23. The topological polar surface area (TPSA) is 74.8 Å². The van der Waals surface area contributed by atoms with Gasteiger partial charge in [-0.15, -0.1) is 0 Å². The van der Waals surface area contributed by atoms with Crippen molar-refractivity contribution < 1.29 is 9.90 Å². The Balaban J connectivity index is 1.53. The number of fused-ring (bicyclic) bond motifs is 1. The lowest BCUT2D eigenvalue weighted by Crippen LogP contribution is -2.40. The molecule has 23 heavy (non-hydrogen) atoms. The van der Waals surface area contributed by atoms with Crippen molar-refractivity contribution >= 4 is 11.6 Å². The van der Waals surface area contributed by atoms with Gasteiger partial charge < -0.3 is 19.9 Å². The number of β-amino-alcohol motifs (C(OH)–C–C–N with tert-alkyl or cyclic N) is 1. The fourth-order valence-electron chi connectivity index (χ4n) is 3.20. The summed E-state index contributed by atoms with van der Waals surface area (Å²) >= 11 is 0. The van der Waals surface area contributed by atoms with E-state index in [9.17, 15) is 9.90 Å². The summed E-state index contributed by atoms with van der Waals surface area (Å²) in [7, 11) is 1.88. The summed E-state index contributed by atoms with van der Waals surface area (Å²) in [4.78, 5) is 14.6. The molecule has 7 heteroatoms. The molecule has 3 heterocycles. The molecule has 2 aromatic rings. The molecule has 0 saturated carbocycles. The Labute approximate surface area is 135 Å². The quantitative estimate of drug-likeness (QED) is 0.848. The highest BCUT2D eigenvalue weighted by Crippen LogP contribution is 2.11. The second-order valence-electron chi connectivity index (χ2n) is 6.31. The van der Waals surface area contributed by atoms with Gasteiger partial charge in [0, 0.05) is 32.5 Å². The van der Waals surface area contributed by atoms with Crippen LogP contribution in [-0.4, -0.2) is 62.4 Å². The molecular weight excluding hydrogens is 294 g/mol. The Morgan fingerprint density at radius 1 is 1.30 bits per heavy atom. The van der Waals surface area contributed by atoms with Gasteiger partial charge in [-0.3, -0.25) is 4.79 Å². The first-order valence-corrected chi connectivity index (χ1v) is 8.32. The van der Waals surface area contributed by atoms with Crippen LogP contribution < -0.4 is 5.32 Å². The van der Waals surface area contributed by atoms with Crippen molar-refractivity contribution in [1.82, 2.24) is 24.4 Å². The molecule has 1 saturated heterocycles. The Bertz CT molecular complexity index is 655. The predicted molar refractivity (Wildman–Crippen MR) is 87.4 cm³/mol. The van der Waals surface area contributed by atoms with Gasteiger partial charge in [-0.05, 0) is 25.9 Å². The zero-order chi connectivity index (χ0) is 16.2. The third-order valence-corrected chi connectivity index (χ3v) is 4.45. The molecule has 2 aromatic heterocycles. The molecule has 7 nitrogen and oxygen atoms in total. The predicted octanol–water partition coefficient (Wildman–Crippen LogP) is 0.639. The summed E-state index contributed by atoms with van der Waals surface area (Å²) in [6.45, 7) is 2.96. The molecule has 2 N–H and O–H groups in total. The van der Waals surface area contributed by atoms with Crippen molar-refractivity contribution in [1.29, 1.82) is 0 Å². The van der Waals surface area contributed by atoms with Crippen LogP contribution in [0.25, 0.3) is 5.65 Å². The number of aliphatic hydroxyl groups is 1. The number of nitrogens with zero attached hydrogens (tertiary/aromatic N) is 4. The average molecular weight is 319 g/mol. The van der Waals surface area contributed by atoms with Crippen molar-refractivity contribution in [2.45, 2.75) is 31.8 Å². The van der Waals surface area contributed by atoms with Gasteiger partial charge in [0.15, 0.2) is 0 Å². The molecule has 1 aliphatic heterocycles.